The van der Waals surface area contributed by atoms with Crippen molar-refractivity contribution in [2.24, 2.45) is 0 Å². The Kier molecular flexibility index (Phi) is 4.63. The van der Waals surface area contributed by atoms with Crippen molar-refractivity contribution in [3.8, 4) is 11.5 Å². The third kappa shape index (κ3) is 3.17. The quantitative estimate of drug-likeness (QED) is 0.897. The van der Waals surface area contributed by atoms with Crippen molar-refractivity contribution in [2.75, 3.05) is 38.8 Å². The maximum absolute atomic E-state index is 12.1. The Balaban J connectivity index is 2.25. The number of nitrogens with zero attached hydrogens (tertiary/aromatic N) is 1. The van der Waals surface area contributed by atoms with Gasteiger partial charge in [-0.05, 0) is 31.5 Å². The van der Waals surface area contributed by atoms with Gasteiger partial charge in [-0.2, -0.15) is 0 Å². The van der Waals surface area contributed by atoms with E-state index in [0.29, 0.717) is 18.0 Å². The molecule has 1 amide bonds. The number of ether oxygens (including phenoxy) is 2. The average molecular weight is 264 g/mol. The Labute approximate surface area is 113 Å². The van der Waals surface area contributed by atoms with Crippen LogP contribution in [0.2, 0.25) is 0 Å². The highest BCUT2D eigenvalue weighted by Gasteiger charge is 2.18. The van der Waals surface area contributed by atoms with Crippen LogP contribution in [0.3, 0.4) is 0 Å². The van der Waals surface area contributed by atoms with Gasteiger partial charge in [0.1, 0.15) is 0 Å². The van der Waals surface area contributed by atoms with Crippen LogP contribution in [0.25, 0.3) is 0 Å². The van der Waals surface area contributed by atoms with Gasteiger partial charge < -0.3 is 19.7 Å². The molecule has 1 aromatic rings. The topological polar surface area (TPSA) is 50.8 Å². The summed E-state index contributed by atoms with van der Waals surface area (Å²) in [7, 11) is 3.20. The minimum atomic E-state index is 0.0897. The molecule has 0 aliphatic carbocycles. The van der Waals surface area contributed by atoms with Gasteiger partial charge in [0.05, 0.1) is 20.8 Å². The molecule has 0 unspecified atom stereocenters. The lowest BCUT2D eigenvalue weighted by Gasteiger charge is -2.26. The number of hydrogen-bond acceptors (Lipinski definition) is 4. The summed E-state index contributed by atoms with van der Waals surface area (Å²) in [5, 5.41) is 3.14. The van der Waals surface area contributed by atoms with Crippen molar-refractivity contribution in [3.63, 3.8) is 0 Å². The molecule has 1 fully saturated rings. The summed E-state index contributed by atoms with van der Waals surface area (Å²) in [4.78, 5) is 13.9. The number of benzene rings is 1. The fraction of sp³-hybridized carbons (Fsp3) is 0.500. The van der Waals surface area contributed by atoms with E-state index in [-0.39, 0.29) is 5.91 Å². The zero-order chi connectivity index (χ0) is 13.7. The highest BCUT2D eigenvalue weighted by molar-refractivity contribution is 5.95. The number of nitrogens with one attached hydrogen (secondary N) is 1. The van der Waals surface area contributed by atoms with E-state index in [0.717, 1.165) is 31.6 Å². The molecule has 1 saturated heterocycles. The summed E-state index contributed by atoms with van der Waals surface area (Å²) in [6.07, 6.45) is 2.07. The Morgan fingerprint density at radius 2 is 1.95 bits per heavy atom. The lowest BCUT2D eigenvalue weighted by Crippen LogP contribution is -2.41. The van der Waals surface area contributed by atoms with Crippen LogP contribution in [0, 0.1) is 0 Å². The van der Waals surface area contributed by atoms with Crippen molar-refractivity contribution >= 4 is 11.6 Å². The van der Waals surface area contributed by atoms with Gasteiger partial charge in [-0.25, -0.2) is 0 Å². The third-order valence-electron chi connectivity index (χ3n) is 3.24. The molecule has 1 N–H and O–H groups in total. The highest BCUT2D eigenvalue weighted by Crippen LogP contribution is 2.31. The molecule has 0 radical (unpaired) electrons. The van der Waals surface area contributed by atoms with Crippen LogP contribution in [-0.2, 0) is 4.79 Å². The lowest BCUT2D eigenvalue weighted by atomic mass is 10.2. The van der Waals surface area contributed by atoms with Gasteiger partial charge in [0, 0.05) is 18.3 Å². The molecular weight excluding hydrogens is 244 g/mol. The molecule has 104 valence electrons. The van der Waals surface area contributed by atoms with E-state index in [4.69, 9.17) is 9.47 Å². The van der Waals surface area contributed by atoms with Crippen molar-refractivity contribution in [3.05, 3.63) is 18.2 Å². The zero-order valence-corrected chi connectivity index (χ0v) is 11.4. The van der Waals surface area contributed by atoms with E-state index in [9.17, 15) is 4.79 Å². The van der Waals surface area contributed by atoms with Gasteiger partial charge in [0.25, 0.3) is 0 Å². The van der Waals surface area contributed by atoms with Crippen LogP contribution in [0.4, 0.5) is 5.69 Å². The largest absolute Gasteiger partial charge is 0.493 e. The molecule has 1 aromatic carbocycles. The maximum Gasteiger partial charge on any atom is 0.240 e. The summed E-state index contributed by atoms with van der Waals surface area (Å²) in [5.74, 6) is 1.40. The smallest absolute Gasteiger partial charge is 0.240 e. The Bertz CT molecular complexity index is 448. The maximum atomic E-state index is 12.1. The van der Waals surface area contributed by atoms with Crippen molar-refractivity contribution in [1.82, 2.24) is 5.32 Å². The molecule has 0 aromatic heterocycles. The van der Waals surface area contributed by atoms with Crippen LogP contribution in [0.5, 0.6) is 11.5 Å². The molecule has 5 nitrogen and oxygen atoms in total. The van der Waals surface area contributed by atoms with Crippen molar-refractivity contribution in [2.45, 2.75) is 12.8 Å². The normalized spacial score (nSPS) is 16.7. The third-order valence-corrected chi connectivity index (χ3v) is 3.24. The van der Waals surface area contributed by atoms with Crippen LogP contribution in [0.1, 0.15) is 12.8 Å². The molecule has 5 heteroatoms. The van der Waals surface area contributed by atoms with E-state index < -0.39 is 0 Å². The molecule has 0 spiro atoms. The molecule has 0 saturated carbocycles. The van der Waals surface area contributed by atoms with E-state index >= 15 is 0 Å². The standard InChI is InChI=1S/C14H20N2O3/c1-18-12-6-5-11(9-13(12)19-2)16-8-4-3-7-15-10-14(16)17/h5-6,9,15H,3-4,7-8,10H2,1-2H3. The summed E-state index contributed by atoms with van der Waals surface area (Å²) in [6, 6.07) is 5.56. The Morgan fingerprint density at radius 3 is 2.68 bits per heavy atom. The second-order valence-electron chi connectivity index (χ2n) is 4.47. The number of rotatable bonds is 3. The SMILES string of the molecule is COc1ccc(N2CCCCNCC2=O)cc1OC. The molecule has 0 bridgehead atoms. The van der Waals surface area contributed by atoms with E-state index in [1.807, 2.05) is 18.2 Å². The monoisotopic (exact) mass is 264 g/mol. The van der Waals surface area contributed by atoms with Crippen LogP contribution in [0.15, 0.2) is 18.2 Å². The molecule has 19 heavy (non-hydrogen) atoms. The summed E-state index contributed by atoms with van der Waals surface area (Å²) in [6.45, 7) is 2.04. The summed E-state index contributed by atoms with van der Waals surface area (Å²) < 4.78 is 10.5. The Hall–Kier alpha value is -1.75. The minimum Gasteiger partial charge on any atom is -0.493 e. The first kappa shape index (κ1) is 13.7. The Morgan fingerprint density at radius 1 is 1.16 bits per heavy atom. The van der Waals surface area contributed by atoms with Crippen LogP contribution in [-0.4, -0.2) is 39.8 Å². The molecule has 1 aliphatic rings. The van der Waals surface area contributed by atoms with Gasteiger partial charge in [0.15, 0.2) is 11.5 Å². The van der Waals surface area contributed by atoms with Gasteiger partial charge in [-0.15, -0.1) is 0 Å². The lowest BCUT2D eigenvalue weighted by molar-refractivity contribution is -0.118. The van der Waals surface area contributed by atoms with Gasteiger partial charge in [-0.3, -0.25) is 4.79 Å². The number of carbonyl (C=O) groups excluding carboxylic acids is 1. The second kappa shape index (κ2) is 6.43. The number of carbonyl (C=O) groups is 1. The molecule has 0 atom stereocenters. The summed E-state index contributed by atoms with van der Waals surface area (Å²) >= 11 is 0. The molecule has 2 rings (SSSR count). The molecular formula is C14H20N2O3. The zero-order valence-electron chi connectivity index (χ0n) is 11.4. The van der Waals surface area contributed by atoms with E-state index in [1.54, 1.807) is 19.1 Å². The van der Waals surface area contributed by atoms with Crippen molar-refractivity contribution < 1.29 is 14.3 Å². The predicted octanol–water partition coefficient (Wildman–Crippen LogP) is 1.42. The average Bonchev–Trinajstić information content (AvgIpc) is 2.42. The molecule has 1 heterocycles. The van der Waals surface area contributed by atoms with Gasteiger partial charge >= 0.3 is 0 Å². The predicted molar refractivity (Wildman–Crippen MR) is 74.0 cm³/mol. The fourth-order valence-corrected chi connectivity index (χ4v) is 2.20. The highest BCUT2D eigenvalue weighted by atomic mass is 16.5. The van der Waals surface area contributed by atoms with Crippen LogP contribution < -0.4 is 19.7 Å². The van der Waals surface area contributed by atoms with Crippen molar-refractivity contribution in [1.29, 1.82) is 0 Å². The van der Waals surface area contributed by atoms with Crippen LogP contribution >= 0.6 is 0 Å². The van der Waals surface area contributed by atoms with Gasteiger partial charge in [-0.1, -0.05) is 0 Å². The summed E-state index contributed by atoms with van der Waals surface area (Å²) in [5.41, 5.74) is 0.853. The number of anilines is 1. The first-order valence-electron chi connectivity index (χ1n) is 6.49. The fourth-order valence-electron chi connectivity index (χ4n) is 2.20. The number of amides is 1. The second-order valence-corrected chi connectivity index (χ2v) is 4.47. The molecule has 1 aliphatic heterocycles. The van der Waals surface area contributed by atoms with E-state index in [1.165, 1.54) is 0 Å². The van der Waals surface area contributed by atoms with E-state index in [2.05, 4.69) is 5.32 Å². The minimum absolute atomic E-state index is 0.0897. The first-order valence-corrected chi connectivity index (χ1v) is 6.49. The number of methoxy groups -OCH3 is 2. The van der Waals surface area contributed by atoms with Gasteiger partial charge in [0.2, 0.25) is 5.91 Å². The number of hydrogen-bond donors (Lipinski definition) is 1. The first-order chi connectivity index (χ1) is 9.26.